The average molecular weight is 582 g/mol. The maximum absolute atomic E-state index is 11.7. The predicted molar refractivity (Wildman–Crippen MR) is 149 cm³/mol. The summed E-state index contributed by atoms with van der Waals surface area (Å²) in [7, 11) is 0. The Morgan fingerprint density at radius 1 is 1.10 bits per heavy atom. The molecule has 3 aromatic rings. The summed E-state index contributed by atoms with van der Waals surface area (Å²) in [4.78, 5) is 23.8. The highest BCUT2D eigenvalue weighted by Crippen LogP contribution is 2.60. The third kappa shape index (κ3) is 4.85. The molecule has 4 saturated heterocycles. The Kier molecular flexibility index (Phi) is 7.13. The van der Waals surface area contributed by atoms with Gasteiger partial charge in [-0.25, -0.2) is 19.3 Å². The SMILES string of the molecule is Cc1cc(=O)oc2cc(OCCn3cc(CCO[C@H]4O[C@@H]5O[C@@]6(C)CC[C@H]7[C@H](C)CC[C@@H]([C@H]4C)[C@@]57OO6)nn3)ccc12. The highest BCUT2D eigenvalue weighted by molar-refractivity contribution is 5.81. The van der Waals surface area contributed by atoms with Crippen molar-refractivity contribution in [3.63, 3.8) is 0 Å². The van der Waals surface area contributed by atoms with E-state index in [0.717, 1.165) is 42.3 Å². The molecule has 1 saturated carbocycles. The zero-order valence-electron chi connectivity index (χ0n) is 24.6. The molecule has 1 spiro atoms. The topological polar surface area (TPSA) is 116 Å². The number of rotatable bonds is 8. The molecule has 5 fully saturated rings. The second kappa shape index (κ2) is 10.7. The van der Waals surface area contributed by atoms with E-state index in [1.165, 1.54) is 6.07 Å². The van der Waals surface area contributed by atoms with Crippen molar-refractivity contribution in [3.8, 4) is 5.75 Å². The number of nitrogens with zero attached hydrogens (tertiary/aromatic N) is 3. The highest BCUT2D eigenvalue weighted by Gasteiger charge is 2.69. The summed E-state index contributed by atoms with van der Waals surface area (Å²) in [5, 5.41) is 9.43. The lowest BCUT2D eigenvalue weighted by Gasteiger charge is -2.60. The monoisotopic (exact) mass is 581 g/mol. The number of hydrogen-bond donors (Lipinski definition) is 0. The third-order valence-electron chi connectivity index (χ3n) is 9.84. The first-order valence-corrected chi connectivity index (χ1v) is 15.1. The standard InChI is InChI=1S/C31H39N3O8/c1-18-5-8-25-20(3)28(39-29-31(25)24(18)9-11-30(4,40-29)41-42-31)37-13-10-21-17-34(33-32-21)12-14-36-22-6-7-23-19(2)15-27(35)38-26(23)16-22/h6-7,15-18,20,24-25,28-29H,5,8-14H2,1-4H3/t18-,20-,24+,25+,28+,29-,30-,31-/m1/s1. The number of benzene rings is 1. The van der Waals surface area contributed by atoms with Crippen LogP contribution < -0.4 is 10.4 Å². The molecule has 0 unspecified atom stereocenters. The Balaban J connectivity index is 0.934. The van der Waals surface area contributed by atoms with Gasteiger partial charge in [0.15, 0.2) is 18.2 Å². The first kappa shape index (κ1) is 28.0. The van der Waals surface area contributed by atoms with Gasteiger partial charge in [-0.05, 0) is 62.6 Å². The Morgan fingerprint density at radius 2 is 1.98 bits per heavy atom. The van der Waals surface area contributed by atoms with Gasteiger partial charge in [0.25, 0.3) is 0 Å². The Bertz CT molecular complexity index is 1510. The molecule has 6 heterocycles. The molecule has 0 amide bonds. The lowest BCUT2D eigenvalue weighted by molar-refractivity contribution is -0.577. The van der Waals surface area contributed by atoms with E-state index in [1.54, 1.807) is 10.7 Å². The van der Waals surface area contributed by atoms with Gasteiger partial charge in [0, 0.05) is 48.4 Å². The zero-order valence-corrected chi connectivity index (χ0v) is 24.6. The van der Waals surface area contributed by atoms with Crippen LogP contribution in [0.4, 0.5) is 0 Å². The molecule has 1 aliphatic carbocycles. The van der Waals surface area contributed by atoms with Crippen LogP contribution in [-0.4, -0.2) is 52.2 Å². The minimum Gasteiger partial charge on any atom is -0.492 e. The molecule has 11 nitrogen and oxygen atoms in total. The van der Waals surface area contributed by atoms with Crippen molar-refractivity contribution in [2.24, 2.45) is 23.7 Å². The summed E-state index contributed by atoms with van der Waals surface area (Å²) in [5.74, 6) is 1.05. The first-order valence-electron chi connectivity index (χ1n) is 15.1. The van der Waals surface area contributed by atoms with E-state index in [-0.39, 0.29) is 17.5 Å². The normalized spacial score (nSPS) is 35.6. The second-order valence-corrected chi connectivity index (χ2v) is 12.6. The molecule has 0 N–H and O–H groups in total. The Hall–Kier alpha value is -2.83. The number of aryl methyl sites for hydroxylation is 1. The van der Waals surface area contributed by atoms with Crippen LogP contribution in [0.3, 0.4) is 0 Å². The molecule has 11 heteroatoms. The Morgan fingerprint density at radius 3 is 2.86 bits per heavy atom. The molecule has 8 rings (SSSR count). The van der Waals surface area contributed by atoms with Gasteiger partial charge in [0.1, 0.15) is 17.9 Å². The summed E-state index contributed by atoms with van der Waals surface area (Å²) in [5.41, 5.74) is 1.26. The molecule has 8 atom stereocenters. The molecule has 4 aliphatic heterocycles. The quantitative estimate of drug-likeness (QED) is 0.277. The van der Waals surface area contributed by atoms with Crippen molar-refractivity contribution < 1.29 is 33.1 Å². The summed E-state index contributed by atoms with van der Waals surface area (Å²) in [6.45, 7) is 9.69. The maximum atomic E-state index is 11.7. The van der Waals surface area contributed by atoms with Crippen molar-refractivity contribution in [1.82, 2.24) is 15.0 Å². The van der Waals surface area contributed by atoms with E-state index in [2.05, 4.69) is 24.2 Å². The van der Waals surface area contributed by atoms with Gasteiger partial charge in [0.2, 0.25) is 5.79 Å². The summed E-state index contributed by atoms with van der Waals surface area (Å²) < 4.78 is 32.2. The van der Waals surface area contributed by atoms with Gasteiger partial charge in [0.05, 0.1) is 18.8 Å². The summed E-state index contributed by atoms with van der Waals surface area (Å²) >= 11 is 0. The van der Waals surface area contributed by atoms with Crippen molar-refractivity contribution in [1.29, 1.82) is 0 Å². The van der Waals surface area contributed by atoms with Crippen LogP contribution in [0.15, 0.2) is 39.7 Å². The van der Waals surface area contributed by atoms with Gasteiger partial charge >= 0.3 is 5.63 Å². The number of hydrogen-bond acceptors (Lipinski definition) is 10. The van der Waals surface area contributed by atoms with Gasteiger partial charge in [-0.3, -0.25) is 0 Å². The fourth-order valence-corrected chi connectivity index (χ4v) is 7.56. The third-order valence-corrected chi connectivity index (χ3v) is 9.84. The van der Waals surface area contributed by atoms with E-state index in [4.69, 9.17) is 33.1 Å². The lowest BCUT2D eigenvalue weighted by atomic mass is 9.58. The van der Waals surface area contributed by atoms with Crippen LogP contribution in [0.25, 0.3) is 11.0 Å². The lowest BCUT2D eigenvalue weighted by Crippen LogP contribution is -2.70. The highest BCUT2D eigenvalue weighted by atomic mass is 17.3. The average Bonchev–Trinajstić information content (AvgIpc) is 3.28. The predicted octanol–water partition coefficient (Wildman–Crippen LogP) is 4.54. The van der Waals surface area contributed by atoms with E-state index in [9.17, 15) is 4.79 Å². The van der Waals surface area contributed by atoms with Crippen LogP contribution in [-0.2, 0) is 37.0 Å². The van der Waals surface area contributed by atoms with E-state index < -0.39 is 24.0 Å². The molecular formula is C31H39N3O8. The van der Waals surface area contributed by atoms with Crippen LogP contribution in [0, 0.1) is 30.6 Å². The minimum absolute atomic E-state index is 0.130. The molecule has 1 aromatic carbocycles. The van der Waals surface area contributed by atoms with Crippen molar-refractivity contribution in [2.45, 2.75) is 90.3 Å². The van der Waals surface area contributed by atoms with Gasteiger partial charge in [-0.1, -0.05) is 19.1 Å². The van der Waals surface area contributed by atoms with Gasteiger partial charge in [-0.15, -0.1) is 5.10 Å². The van der Waals surface area contributed by atoms with Gasteiger partial charge in [-0.2, -0.15) is 0 Å². The molecule has 2 aromatic heterocycles. The molecule has 5 aliphatic rings. The van der Waals surface area contributed by atoms with Crippen molar-refractivity contribution in [2.75, 3.05) is 13.2 Å². The van der Waals surface area contributed by atoms with E-state index in [1.807, 2.05) is 32.2 Å². The fourth-order valence-electron chi connectivity index (χ4n) is 7.56. The minimum atomic E-state index is -0.798. The summed E-state index contributed by atoms with van der Waals surface area (Å²) in [6.07, 6.45) is 5.59. The van der Waals surface area contributed by atoms with Gasteiger partial charge < -0.3 is 23.4 Å². The fraction of sp³-hybridized carbons (Fsp3) is 0.645. The van der Waals surface area contributed by atoms with Crippen LogP contribution in [0.1, 0.15) is 57.7 Å². The molecule has 226 valence electrons. The van der Waals surface area contributed by atoms with Crippen LogP contribution in [0.5, 0.6) is 5.75 Å². The molecule has 0 radical (unpaired) electrons. The van der Waals surface area contributed by atoms with E-state index in [0.29, 0.717) is 49.3 Å². The largest absolute Gasteiger partial charge is 0.492 e. The number of ether oxygens (including phenoxy) is 4. The zero-order chi connectivity index (χ0) is 29.1. The van der Waals surface area contributed by atoms with Crippen molar-refractivity contribution >= 4 is 11.0 Å². The molecule has 2 bridgehead atoms. The smallest absolute Gasteiger partial charge is 0.336 e. The molecular weight excluding hydrogens is 542 g/mol. The van der Waals surface area contributed by atoms with E-state index >= 15 is 0 Å². The number of fused-ring (bicyclic) bond motifs is 3. The second-order valence-electron chi connectivity index (χ2n) is 12.6. The Labute approximate surface area is 244 Å². The van der Waals surface area contributed by atoms with Crippen molar-refractivity contribution in [3.05, 3.63) is 52.1 Å². The molecule has 42 heavy (non-hydrogen) atoms. The number of aromatic nitrogens is 3. The first-order chi connectivity index (χ1) is 20.2. The van der Waals surface area contributed by atoms with Crippen LogP contribution >= 0.6 is 0 Å². The van der Waals surface area contributed by atoms with Crippen LogP contribution in [0.2, 0.25) is 0 Å². The maximum Gasteiger partial charge on any atom is 0.336 e. The summed E-state index contributed by atoms with van der Waals surface area (Å²) in [6, 6.07) is 6.99.